The summed E-state index contributed by atoms with van der Waals surface area (Å²) in [4.78, 5) is 2.05. The molecule has 1 fully saturated rings. The second-order valence-electron chi connectivity index (χ2n) is 7.74. The van der Waals surface area contributed by atoms with Gasteiger partial charge in [0, 0.05) is 27.3 Å². The molecule has 0 unspecified atom stereocenters. The van der Waals surface area contributed by atoms with Crippen molar-refractivity contribution in [1.29, 1.82) is 0 Å². The van der Waals surface area contributed by atoms with E-state index >= 15 is 0 Å². The zero-order valence-corrected chi connectivity index (χ0v) is 17.7. The van der Waals surface area contributed by atoms with Gasteiger partial charge in [-0.1, -0.05) is 15.9 Å². The van der Waals surface area contributed by atoms with Crippen LogP contribution < -0.4 is 10.2 Å². The van der Waals surface area contributed by atoms with Crippen molar-refractivity contribution in [3.63, 3.8) is 0 Å². The zero-order valence-electron chi connectivity index (χ0n) is 15.3. The Morgan fingerprint density at radius 2 is 1.81 bits per heavy atom. The largest absolute Gasteiger partial charge is 0.508 e. The van der Waals surface area contributed by atoms with E-state index in [1.54, 1.807) is 12.1 Å². The van der Waals surface area contributed by atoms with E-state index < -0.39 is 5.54 Å². The molecule has 1 saturated heterocycles. The van der Waals surface area contributed by atoms with Crippen LogP contribution in [-0.2, 0) is 5.54 Å². The molecule has 2 aromatic rings. The minimum Gasteiger partial charge on any atom is -0.508 e. The summed E-state index contributed by atoms with van der Waals surface area (Å²) in [5, 5.41) is 24.3. The average Bonchev–Trinajstić information content (AvgIpc) is 2.48. The summed E-state index contributed by atoms with van der Waals surface area (Å²) < 4.78 is 1.03. The van der Waals surface area contributed by atoms with Gasteiger partial charge in [-0.15, -0.1) is 0 Å². The molecule has 1 atom stereocenters. The van der Waals surface area contributed by atoms with Crippen LogP contribution >= 0.6 is 28.1 Å². The van der Waals surface area contributed by atoms with Crippen molar-refractivity contribution in [2.45, 2.75) is 45.2 Å². The number of phenolic OH excluding ortho intramolecular Hbond substituents is 2. The van der Waals surface area contributed by atoms with Crippen molar-refractivity contribution in [2.24, 2.45) is 0 Å². The van der Waals surface area contributed by atoms with Crippen LogP contribution in [0.5, 0.6) is 11.5 Å². The number of benzene rings is 2. The number of rotatable bonds is 2. The highest BCUT2D eigenvalue weighted by molar-refractivity contribution is 9.10. The van der Waals surface area contributed by atoms with Gasteiger partial charge in [0.2, 0.25) is 0 Å². The molecule has 0 saturated carbocycles. The third-order valence-corrected chi connectivity index (χ3v) is 6.06. The van der Waals surface area contributed by atoms with Gasteiger partial charge in [0.15, 0.2) is 5.11 Å². The third-order valence-electron chi connectivity index (χ3n) is 4.89. The van der Waals surface area contributed by atoms with E-state index in [1.165, 1.54) is 6.07 Å². The van der Waals surface area contributed by atoms with Gasteiger partial charge >= 0.3 is 0 Å². The van der Waals surface area contributed by atoms with Crippen LogP contribution in [0.25, 0.3) is 0 Å². The number of hydrogen-bond donors (Lipinski definition) is 3. The molecule has 6 heteroatoms. The fraction of sp³-hybridized carbons (Fsp3) is 0.350. The van der Waals surface area contributed by atoms with Crippen molar-refractivity contribution in [1.82, 2.24) is 5.32 Å². The van der Waals surface area contributed by atoms with Gasteiger partial charge in [0.05, 0.1) is 5.54 Å². The molecule has 1 aliphatic heterocycles. The first-order valence-corrected chi connectivity index (χ1v) is 9.65. The lowest BCUT2D eigenvalue weighted by atomic mass is 9.76. The molecule has 0 bridgehead atoms. The Labute approximate surface area is 168 Å². The Morgan fingerprint density at radius 1 is 1.12 bits per heavy atom. The first-order valence-electron chi connectivity index (χ1n) is 8.44. The lowest BCUT2D eigenvalue weighted by Crippen LogP contribution is -2.65. The van der Waals surface area contributed by atoms with Crippen molar-refractivity contribution in [3.8, 4) is 11.5 Å². The molecule has 0 aliphatic carbocycles. The van der Waals surface area contributed by atoms with Gasteiger partial charge in [-0.05, 0) is 82.2 Å². The monoisotopic (exact) mass is 434 g/mol. The predicted octanol–water partition coefficient (Wildman–Crippen LogP) is 4.95. The Morgan fingerprint density at radius 3 is 2.42 bits per heavy atom. The van der Waals surface area contributed by atoms with Gasteiger partial charge in [-0.25, -0.2) is 0 Å². The first-order chi connectivity index (χ1) is 12.0. The van der Waals surface area contributed by atoms with Gasteiger partial charge in [0.1, 0.15) is 11.5 Å². The van der Waals surface area contributed by atoms with Crippen LogP contribution in [0, 0.1) is 6.92 Å². The fourth-order valence-electron chi connectivity index (χ4n) is 3.91. The topological polar surface area (TPSA) is 55.7 Å². The van der Waals surface area contributed by atoms with Crippen LogP contribution in [-0.4, -0.2) is 20.9 Å². The number of nitrogens with zero attached hydrogens (tertiary/aromatic N) is 1. The SMILES string of the molecule is Cc1cc(N2C(=S)NC(C)(C)C[C@@]2(C)c2ccc(O)cc2O)ccc1Br. The molecule has 26 heavy (non-hydrogen) atoms. The van der Waals surface area contributed by atoms with E-state index in [9.17, 15) is 10.2 Å². The predicted molar refractivity (Wildman–Crippen MR) is 113 cm³/mol. The Balaban J connectivity index is 2.21. The number of nitrogens with one attached hydrogen (secondary N) is 1. The molecule has 1 heterocycles. The molecule has 0 aromatic heterocycles. The summed E-state index contributed by atoms with van der Waals surface area (Å²) in [5.41, 5.74) is 1.97. The zero-order chi connectivity index (χ0) is 19.3. The van der Waals surface area contributed by atoms with E-state index in [2.05, 4.69) is 53.0 Å². The molecule has 3 N–H and O–H groups in total. The Hall–Kier alpha value is -1.79. The third kappa shape index (κ3) is 3.28. The molecule has 3 rings (SSSR count). The summed E-state index contributed by atoms with van der Waals surface area (Å²) in [6.45, 7) is 8.30. The minimum atomic E-state index is -0.579. The highest BCUT2D eigenvalue weighted by atomic mass is 79.9. The van der Waals surface area contributed by atoms with Crippen LogP contribution in [0.15, 0.2) is 40.9 Å². The maximum atomic E-state index is 10.6. The summed E-state index contributed by atoms with van der Waals surface area (Å²) in [6, 6.07) is 10.8. The molecular weight excluding hydrogens is 412 g/mol. The molecule has 4 nitrogen and oxygen atoms in total. The number of hydrogen-bond acceptors (Lipinski definition) is 3. The summed E-state index contributed by atoms with van der Waals surface area (Å²) in [5.74, 6) is 0.100. The van der Waals surface area contributed by atoms with Crippen LogP contribution in [0.1, 0.15) is 38.3 Å². The van der Waals surface area contributed by atoms with Gasteiger partial charge in [-0.2, -0.15) is 0 Å². The van der Waals surface area contributed by atoms with Crippen LogP contribution in [0.4, 0.5) is 5.69 Å². The molecule has 138 valence electrons. The maximum absolute atomic E-state index is 10.6. The van der Waals surface area contributed by atoms with Gasteiger partial charge in [-0.3, -0.25) is 0 Å². The van der Waals surface area contributed by atoms with Crippen molar-refractivity contribution in [2.75, 3.05) is 4.90 Å². The van der Waals surface area contributed by atoms with Crippen molar-refractivity contribution in [3.05, 3.63) is 52.0 Å². The number of thiocarbonyl (C=S) groups is 1. The molecule has 1 aliphatic rings. The van der Waals surface area contributed by atoms with Crippen molar-refractivity contribution >= 4 is 38.9 Å². The minimum absolute atomic E-state index is 0.0386. The fourth-order valence-corrected chi connectivity index (χ4v) is 4.74. The highest BCUT2D eigenvalue weighted by Crippen LogP contribution is 2.46. The van der Waals surface area contributed by atoms with Crippen LogP contribution in [0.3, 0.4) is 0 Å². The quantitative estimate of drug-likeness (QED) is 0.583. The lowest BCUT2D eigenvalue weighted by Gasteiger charge is -2.53. The summed E-state index contributed by atoms with van der Waals surface area (Å²) in [7, 11) is 0. The Kier molecular flexibility index (Phi) is 4.69. The average molecular weight is 435 g/mol. The highest BCUT2D eigenvalue weighted by Gasteiger charge is 2.47. The van der Waals surface area contributed by atoms with Crippen LogP contribution in [0.2, 0.25) is 0 Å². The second-order valence-corrected chi connectivity index (χ2v) is 8.98. The first kappa shape index (κ1) is 19.0. The lowest BCUT2D eigenvalue weighted by molar-refractivity contribution is 0.275. The summed E-state index contributed by atoms with van der Waals surface area (Å²) >= 11 is 9.27. The number of anilines is 1. The maximum Gasteiger partial charge on any atom is 0.174 e. The number of halogens is 1. The normalized spacial score (nSPS) is 22.2. The second kappa shape index (κ2) is 6.43. The van der Waals surface area contributed by atoms with Gasteiger partial charge in [0.25, 0.3) is 0 Å². The summed E-state index contributed by atoms with van der Waals surface area (Å²) in [6.07, 6.45) is 0.716. The molecule has 0 amide bonds. The van der Waals surface area contributed by atoms with E-state index in [-0.39, 0.29) is 17.0 Å². The van der Waals surface area contributed by atoms with E-state index in [0.717, 1.165) is 21.3 Å². The molecule has 0 spiro atoms. The van der Waals surface area contributed by atoms with Gasteiger partial charge < -0.3 is 20.4 Å². The Bertz CT molecular complexity index is 884. The molecular formula is C20H23BrN2O2S. The smallest absolute Gasteiger partial charge is 0.174 e. The standard InChI is InChI=1S/C20H23BrN2O2S/c1-12-9-13(5-8-16(12)21)23-18(26)22-19(2,3)11-20(23,4)15-7-6-14(24)10-17(15)25/h5-10,24-25H,11H2,1-4H3,(H,22,26)/t20-/m0/s1. The molecule has 0 radical (unpaired) electrons. The number of phenols is 2. The van der Waals surface area contributed by atoms with E-state index in [0.29, 0.717) is 11.5 Å². The number of aromatic hydroxyl groups is 2. The molecule has 2 aromatic carbocycles. The van der Waals surface area contributed by atoms with E-state index in [4.69, 9.17) is 12.2 Å². The van der Waals surface area contributed by atoms with E-state index in [1.807, 2.05) is 19.1 Å². The number of aryl methyl sites for hydroxylation is 1. The van der Waals surface area contributed by atoms with Crippen molar-refractivity contribution < 1.29 is 10.2 Å².